The summed E-state index contributed by atoms with van der Waals surface area (Å²) in [5, 5.41) is 2.78. The molecular weight excluding hydrogens is 350 g/mol. The molecule has 1 amide bonds. The molecule has 0 spiro atoms. The van der Waals surface area contributed by atoms with Crippen LogP contribution in [0.25, 0.3) is 0 Å². The molecule has 0 bridgehead atoms. The molecular formula is C19H21N3O3S. The number of rotatable bonds is 7. The van der Waals surface area contributed by atoms with Crippen LogP contribution in [-0.4, -0.2) is 48.0 Å². The lowest BCUT2D eigenvalue weighted by atomic mass is 10.1. The van der Waals surface area contributed by atoms with E-state index in [4.69, 9.17) is 9.47 Å². The van der Waals surface area contributed by atoms with E-state index < -0.39 is 0 Å². The van der Waals surface area contributed by atoms with E-state index >= 15 is 0 Å². The molecule has 3 unspecified atom stereocenters. The number of anilines is 1. The van der Waals surface area contributed by atoms with Crippen molar-refractivity contribution in [2.45, 2.75) is 23.3 Å². The summed E-state index contributed by atoms with van der Waals surface area (Å²) in [5.41, 5.74) is 1.26. The first-order valence-electron chi connectivity index (χ1n) is 8.64. The van der Waals surface area contributed by atoms with Crippen LogP contribution in [0.4, 0.5) is 5.82 Å². The van der Waals surface area contributed by atoms with Gasteiger partial charge in [-0.3, -0.25) is 4.79 Å². The first kappa shape index (κ1) is 17.2. The molecule has 2 aromatic rings. The zero-order valence-corrected chi connectivity index (χ0v) is 15.3. The SMILES string of the molecule is CN(CCOc1ccc(CC2SC3OC3NC2=O)cc1)c1ccccn1. The molecule has 2 fully saturated rings. The number of nitrogens with one attached hydrogen (secondary N) is 1. The molecule has 0 radical (unpaired) electrons. The van der Waals surface area contributed by atoms with Gasteiger partial charge >= 0.3 is 0 Å². The number of thioether (sulfide) groups is 1. The van der Waals surface area contributed by atoms with E-state index in [9.17, 15) is 4.79 Å². The van der Waals surface area contributed by atoms with Gasteiger partial charge in [0.1, 0.15) is 18.2 Å². The molecule has 0 aliphatic carbocycles. The summed E-state index contributed by atoms with van der Waals surface area (Å²) < 4.78 is 11.1. The Balaban J connectivity index is 1.24. The molecule has 2 aliphatic heterocycles. The molecule has 6 nitrogen and oxygen atoms in total. The Labute approximate surface area is 156 Å². The largest absolute Gasteiger partial charge is 0.492 e. The highest BCUT2D eigenvalue weighted by atomic mass is 32.2. The normalized spacial score (nSPS) is 23.7. The number of carbonyl (C=O) groups excluding carboxylic acids is 1. The van der Waals surface area contributed by atoms with Crippen LogP contribution in [0.15, 0.2) is 48.7 Å². The quantitative estimate of drug-likeness (QED) is 0.752. The molecule has 1 N–H and O–H groups in total. The number of likely N-dealkylation sites (N-methyl/N-ethyl adjacent to an activating group) is 1. The van der Waals surface area contributed by atoms with Crippen molar-refractivity contribution in [2.24, 2.45) is 0 Å². The predicted molar refractivity (Wildman–Crippen MR) is 101 cm³/mol. The van der Waals surface area contributed by atoms with Crippen molar-refractivity contribution >= 4 is 23.5 Å². The highest BCUT2D eigenvalue weighted by molar-refractivity contribution is 8.01. The topological polar surface area (TPSA) is 67.0 Å². The van der Waals surface area contributed by atoms with Crippen molar-refractivity contribution in [3.8, 4) is 5.75 Å². The van der Waals surface area contributed by atoms with Gasteiger partial charge in [-0.05, 0) is 36.2 Å². The van der Waals surface area contributed by atoms with E-state index in [1.807, 2.05) is 49.5 Å². The zero-order valence-electron chi connectivity index (χ0n) is 14.5. The van der Waals surface area contributed by atoms with Crippen molar-refractivity contribution < 1.29 is 14.3 Å². The molecule has 3 heterocycles. The maximum Gasteiger partial charge on any atom is 0.235 e. The lowest BCUT2D eigenvalue weighted by Gasteiger charge is -2.19. The van der Waals surface area contributed by atoms with E-state index in [0.717, 1.165) is 23.7 Å². The number of fused-ring (bicyclic) bond motifs is 1. The van der Waals surface area contributed by atoms with Crippen LogP contribution < -0.4 is 15.0 Å². The average molecular weight is 371 g/mol. The standard InChI is InChI=1S/C19H21N3O3S/c1-22(16-4-2-3-9-20-16)10-11-24-14-7-5-13(6-8-14)12-15-17(23)21-18-19(25-18)26-15/h2-9,15,18-19H,10-12H2,1H3,(H,21,23). The van der Waals surface area contributed by atoms with E-state index in [1.54, 1.807) is 18.0 Å². The van der Waals surface area contributed by atoms with Gasteiger partial charge in [-0.1, -0.05) is 18.2 Å². The first-order chi connectivity index (χ1) is 12.7. The number of pyridine rings is 1. The van der Waals surface area contributed by atoms with Crippen molar-refractivity contribution in [1.82, 2.24) is 10.3 Å². The van der Waals surface area contributed by atoms with E-state index in [-0.39, 0.29) is 22.8 Å². The fourth-order valence-electron chi connectivity index (χ4n) is 2.83. The number of amides is 1. The molecule has 2 saturated heterocycles. The number of epoxide rings is 1. The second-order valence-corrected chi connectivity index (χ2v) is 7.67. The lowest BCUT2D eigenvalue weighted by molar-refractivity contribution is -0.121. The molecule has 7 heteroatoms. The van der Waals surface area contributed by atoms with Gasteiger partial charge in [0.2, 0.25) is 5.91 Å². The average Bonchev–Trinajstić information content (AvgIpc) is 3.42. The van der Waals surface area contributed by atoms with Crippen LogP contribution in [0.5, 0.6) is 5.75 Å². The number of benzene rings is 1. The molecule has 3 atom stereocenters. The van der Waals surface area contributed by atoms with Crippen molar-refractivity contribution in [3.05, 3.63) is 54.2 Å². The maximum absolute atomic E-state index is 12.0. The van der Waals surface area contributed by atoms with E-state index in [1.165, 1.54) is 0 Å². The van der Waals surface area contributed by atoms with Gasteiger partial charge in [0.15, 0.2) is 11.7 Å². The Morgan fingerprint density at radius 3 is 2.88 bits per heavy atom. The summed E-state index contributed by atoms with van der Waals surface area (Å²) in [6.07, 6.45) is 2.42. The molecule has 4 rings (SSSR count). The molecule has 26 heavy (non-hydrogen) atoms. The first-order valence-corrected chi connectivity index (χ1v) is 9.58. The van der Waals surface area contributed by atoms with Crippen LogP contribution in [0.1, 0.15) is 5.56 Å². The van der Waals surface area contributed by atoms with E-state index in [2.05, 4.69) is 15.2 Å². The highest BCUT2D eigenvalue weighted by Gasteiger charge is 2.48. The third-order valence-electron chi connectivity index (χ3n) is 4.41. The van der Waals surface area contributed by atoms with Crippen LogP contribution >= 0.6 is 11.8 Å². The number of ether oxygens (including phenoxy) is 2. The van der Waals surface area contributed by atoms with Gasteiger partial charge in [-0.2, -0.15) is 0 Å². The molecule has 136 valence electrons. The summed E-state index contributed by atoms with van der Waals surface area (Å²) in [6, 6.07) is 13.8. The van der Waals surface area contributed by atoms with Gasteiger partial charge < -0.3 is 19.7 Å². The smallest absolute Gasteiger partial charge is 0.235 e. The number of aromatic nitrogens is 1. The summed E-state index contributed by atoms with van der Waals surface area (Å²) in [7, 11) is 2.00. The number of carbonyl (C=O) groups is 1. The zero-order chi connectivity index (χ0) is 17.9. The fraction of sp³-hybridized carbons (Fsp3) is 0.368. The Morgan fingerprint density at radius 1 is 1.27 bits per heavy atom. The third-order valence-corrected chi connectivity index (χ3v) is 5.74. The monoisotopic (exact) mass is 371 g/mol. The van der Waals surface area contributed by atoms with Gasteiger partial charge in [0, 0.05) is 13.2 Å². The van der Waals surface area contributed by atoms with Gasteiger partial charge in [0.25, 0.3) is 0 Å². The minimum absolute atomic E-state index is 0.0617. The summed E-state index contributed by atoms with van der Waals surface area (Å²) in [6.45, 7) is 1.33. The van der Waals surface area contributed by atoms with Crippen molar-refractivity contribution in [1.29, 1.82) is 0 Å². The van der Waals surface area contributed by atoms with Crippen molar-refractivity contribution in [2.75, 3.05) is 25.1 Å². The molecule has 0 saturated carbocycles. The molecule has 1 aromatic heterocycles. The number of nitrogens with zero attached hydrogens (tertiary/aromatic N) is 2. The van der Waals surface area contributed by atoms with Crippen LogP contribution in [0, 0.1) is 0 Å². The summed E-state index contributed by atoms with van der Waals surface area (Å²) in [5.74, 6) is 1.82. The Kier molecular flexibility index (Phi) is 4.99. The van der Waals surface area contributed by atoms with Crippen LogP contribution in [-0.2, 0) is 16.0 Å². The Hall–Kier alpha value is -2.25. The Bertz CT molecular complexity index is 756. The van der Waals surface area contributed by atoms with Crippen LogP contribution in [0.2, 0.25) is 0 Å². The predicted octanol–water partition coefficient (Wildman–Crippen LogP) is 2.05. The number of hydrogen-bond acceptors (Lipinski definition) is 6. The molecule has 2 aliphatic rings. The van der Waals surface area contributed by atoms with Gasteiger partial charge in [-0.25, -0.2) is 4.98 Å². The summed E-state index contributed by atoms with van der Waals surface area (Å²) in [4.78, 5) is 18.3. The minimum Gasteiger partial charge on any atom is -0.492 e. The van der Waals surface area contributed by atoms with Gasteiger partial charge in [-0.15, -0.1) is 11.8 Å². The third kappa shape index (κ3) is 4.11. The molecule has 1 aromatic carbocycles. The second-order valence-electron chi connectivity index (χ2n) is 6.36. The number of hydrogen-bond donors (Lipinski definition) is 1. The Morgan fingerprint density at radius 2 is 2.12 bits per heavy atom. The highest BCUT2D eigenvalue weighted by Crippen LogP contribution is 2.39. The van der Waals surface area contributed by atoms with Crippen LogP contribution in [0.3, 0.4) is 0 Å². The van der Waals surface area contributed by atoms with Crippen molar-refractivity contribution in [3.63, 3.8) is 0 Å². The second kappa shape index (κ2) is 7.55. The van der Waals surface area contributed by atoms with E-state index in [0.29, 0.717) is 13.0 Å². The lowest BCUT2D eigenvalue weighted by Crippen LogP contribution is -2.40. The fourth-order valence-corrected chi connectivity index (χ4v) is 4.03. The van der Waals surface area contributed by atoms with Gasteiger partial charge in [0.05, 0.1) is 11.8 Å². The summed E-state index contributed by atoms with van der Waals surface area (Å²) >= 11 is 1.61. The minimum atomic E-state index is -0.0856. The maximum atomic E-state index is 12.0.